The van der Waals surface area contributed by atoms with E-state index in [1.54, 1.807) is 7.11 Å². The van der Waals surface area contributed by atoms with E-state index >= 15 is 0 Å². The zero-order valence-corrected chi connectivity index (χ0v) is 14.5. The molecule has 0 radical (unpaired) electrons. The Morgan fingerprint density at radius 3 is 2.52 bits per heavy atom. The van der Waals surface area contributed by atoms with Gasteiger partial charge in [0.05, 0.1) is 13.2 Å². The van der Waals surface area contributed by atoms with Crippen molar-refractivity contribution in [2.75, 3.05) is 7.11 Å². The SMILES string of the molecule is COc1cccc(-c2nc(OC(C)C)nn2C(=O)C(C)(C)C)c1. The molecule has 6 nitrogen and oxygen atoms in total. The number of methoxy groups -OCH3 is 1. The number of aromatic nitrogens is 3. The molecule has 0 spiro atoms. The first-order chi connectivity index (χ1) is 10.7. The summed E-state index contributed by atoms with van der Waals surface area (Å²) in [5.74, 6) is 0.979. The second-order valence-corrected chi connectivity index (χ2v) is 6.58. The molecule has 2 rings (SSSR count). The molecule has 124 valence electrons. The molecule has 0 aliphatic rings. The van der Waals surface area contributed by atoms with Crippen LogP contribution in [0.1, 0.15) is 39.4 Å². The Balaban J connectivity index is 2.55. The van der Waals surface area contributed by atoms with Crippen LogP contribution in [0.5, 0.6) is 11.8 Å². The molecule has 0 saturated carbocycles. The number of rotatable bonds is 4. The highest BCUT2D eigenvalue weighted by Crippen LogP contribution is 2.27. The van der Waals surface area contributed by atoms with Crippen molar-refractivity contribution in [3.8, 4) is 23.1 Å². The van der Waals surface area contributed by atoms with Gasteiger partial charge in [0.15, 0.2) is 5.82 Å². The van der Waals surface area contributed by atoms with Crippen molar-refractivity contribution in [2.45, 2.75) is 40.7 Å². The first kappa shape index (κ1) is 17.0. The Kier molecular flexibility index (Phi) is 4.73. The van der Waals surface area contributed by atoms with Gasteiger partial charge in [-0.25, -0.2) is 0 Å². The average molecular weight is 317 g/mol. The van der Waals surface area contributed by atoms with Gasteiger partial charge in [0, 0.05) is 11.0 Å². The predicted molar refractivity (Wildman–Crippen MR) is 87.9 cm³/mol. The fraction of sp³-hybridized carbons (Fsp3) is 0.471. The largest absolute Gasteiger partial charge is 0.497 e. The van der Waals surface area contributed by atoms with Gasteiger partial charge in [-0.15, -0.1) is 5.10 Å². The van der Waals surface area contributed by atoms with Crippen molar-refractivity contribution in [3.05, 3.63) is 24.3 Å². The second kappa shape index (κ2) is 6.40. The summed E-state index contributed by atoms with van der Waals surface area (Å²) in [4.78, 5) is 17.1. The minimum Gasteiger partial charge on any atom is -0.497 e. The van der Waals surface area contributed by atoms with Gasteiger partial charge in [-0.05, 0) is 26.0 Å². The van der Waals surface area contributed by atoms with Crippen molar-refractivity contribution in [1.29, 1.82) is 0 Å². The Hall–Kier alpha value is -2.37. The molecule has 0 bridgehead atoms. The maximum Gasteiger partial charge on any atom is 0.336 e. The Morgan fingerprint density at radius 1 is 1.26 bits per heavy atom. The molecule has 0 atom stereocenters. The van der Waals surface area contributed by atoms with Crippen molar-refractivity contribution in [1.82, 2.24) is 14.8 Å². The van der Waals surface area contributed by atoms with E-state index in [9.17, 15) is 4.79 Å². The van der Waals surface area contributed by atoms with E-state index in [1.807, 2.05) is 58.9 Å². The van der Waals surface area contributed by atoms with Crippen molar-refractivity contribution in [3.63, 3.8) is 0 Å². The standard InChI is InChI=1S/C17H23N3O3/c1-11(2)23-16-18-14(12-8-7-9-13(10-12)22-6)20(19-16)15(21)17(3,4)5/h7-11H,1-6H3. The Morgan fingerprint density at radius 2 is 1.96 bits per heavy atom. The third-order valence-electron chi connectivity index (χ3n) is 3.09. The summed E-state index contributed by atoms with van der Waals surface area (Å²) in [6.45, 7) is 9.30. The van der Waals surface area contributed by atoms with Gasteiger partial charge in [0.2, 0.25) is 0 Å². The van der Waals surface area contributed by atoms with E-state index < -0.39 is 5.41 Å². The third kappa shape index (κ3) is 3.88. The highest BCUT2D eigenvalue weighted by molar-refractivity contribution is 5.86. The van der Waals surface area contributed by atoms with Crippen molar-refractivity contribution in [2.24, 2.45) is 5.41 Å². The lowest BCUT2D eigenvalue weighted by atomic mass is 9.95. The number of hydrogen-bond acceptors (Lipinski definition) is 5. The first-order valence-electron chi connectivity index (χ1n) is 7.55. The summed E-state index contributed by atoms with van der Waals surface area (Å²) in [5.41, 5.74) is 0.157. The van der Waals surface area contributed by atoms with Crippen LogP contribution in [-0.2, 0) is 0 Å². The number of carbonyl (C=O) groups excluding carboxylic acids is 1. The lowest BCUT2D eigenvalue weighted by Gasteiger charge is -2.17. The number of benzene rings is 1. The first-order valence-corrected chi connectivity index (χ1v) is 7.55. The highest BCUT2D eigenvalue weighted by atomic mass is 16.5. The van der Waals surface area contributed by atoms with Gasteiger partial charge in [-0.1, -0.05) is 32.9 Å². The fourth-order valence-electron chi connectivity index (χ4n) is 1.96. The number of ether oxygens (including phenoxy) is 2. The van der Waals surface area contributed by atoms with E-state index in [0.717, 1.165) is 5.56 Å². The van der Waals surface area contributed by atoms with Crippen LogP contribution in [0.15, 0.2) is 24.3 Å². The van der Waals surface area contributed by atoms with Crippen molar-refractivity contribution >= 4 is 5.91 Å². The molecule has 1 aromatic heterocycles. The second-order valence-electron chi connectivity index (χ2n) is 6.58. The molecule has 0 aliphatic heterocycles. The van der Waals surface area contributed by atoms with Crippen LogP contribution < -0.4 is 9.47 Å². The Bertz CT molecular complexity index is 699. The smallest absolute Gasteiger partial charge is 0.336 e. The lowest BCUT2D eigenvalue weighted by molar-refractivity contribution is 0.0747. The molecule has 0 unspecified atom stereocenters. The molecule has 23 heavy (non-hydrogen) atoms. The molecule has 1 aromatic carbocycles. The van der Waals surface area contributed by atoms with E-state index in [0.29, 0.717) is 11.6 Å². The van der Waals surface area contributed by atoms with Crippen LogP contribution in [-0.4, -0.2) is 33.9 Å². The summed E-state index contributed by atoms with van der Waals surface area (Å²) >= 11 is 0. The van der Waals surface area contributed by atoms with Crippen LogP contribution in [0.4, 0.5) is 0 Å². The molecule has 2 aromatic rings. The molecular weight excluding hydrogens is 294 g/mol. The number of nitrogens with zero attached hydrogens (tertiary/aromatic N) is 3. The molecule has 1 heterocycles. The molecule has 0 fully saturated rings. The van der Waals surface area contributed by atoms with E-state index in [-0.39, 0.29) is 18.0 Å². The number of carbonyl (C=O) groups is 1. The summed E-state index contributed by atoms with van der Waals surface area (Å²) in [5, 5.41) is 4.24. The fourth-order valence-corrected chi connectivity index (χ4v) is 1.96. The van der Waals surface area contributed by atoms with Crippen LogP contribution in [0, 0.1) is 5.41 Å². The van der Waals surface area contributed by atoms with Crippen molar-refractivity contribution < 1.29 is 14.3 Å². The molecule has 0 N–H and O–H groups in total. The normalized spacial score (nSPS) is 11.6. The van der Waals surface area contributed by atoms with Gasteiger partial charge < -0.3 is 9.47 Å². The summed E-state index contributed by atoms with van der Waals surface area (Å²) in [7, 11) is 1.59. The van der Waals surface area contributed by atoms with Crippen LogP contribution in [0.2, 0.25) is 0 Å². The predicted octanol–water partition coefficient (Wildman–Crippen LogP) is 3.43. The summed E-state index contributed by atoms with van der Waals surface area (Å²) in [6.07, 6.45) is -0.0752. The minimum atomic E-state index is -0.587. The zero-order chi connectivity index (χ0) is 17.2. The van der Waals surface area contributed by atoms with E-state index in [1.165, 1.54) is 4.68 Å². The quantitative estimate of drug-likeness (QED) is 0.864. The van der Waals surface area contributed by atoms with Crippen LogP contribution >= 0.6 is 0 Å². The van der Waals surface area contributed by atoms with Gasteiger partial charge >= 0.3 is 6.01 Å². The van der Waals surface area contributed by atoms with Gasteiger partial charge in [0.1, 0.15) is 5.75 Å². The molecule has 6 heteroatoms. The molecule has 0 saturated heterocycles. The van der Waals surface area contributed by atoms with Gasteiger partial charge in [0.25, 0.3) is 5.91 Å². The topological polar surface area (TPSA) is 66.2 Å². The monoisotopic (exact) mass is 317 g/mol. The van der Waals surface area contributed by atoms with Crippen LogP contribution in [0.3, 0.4) is 0 Å². The summed E-state index contributed by atoms with van der Waals surface area (Å²) in [6, 6.07) is 7.54. The van der Waals surface area contributed by atoms with Gasteiger partial charge in [-0.2, -0.15) is 9.67 Å². The minimum absolute atomic E-state index is 0.0752. The molecule has 0 aliphatic carbocycles. The van der Waals surface area contributed by atoms with E-state index in [4.69, 9.17) is 9.47 Å². The molecule has 0 amide bonds. The third-order valence-corrected chi connectivity index (χ3v) is 3.09. The maximum atomic E-state index is 12.7. The molecular formula is C17H23N3O3. The lowest BCUT2D eigenvalue weighted by Crippen LogP contribution is -2.28. The highest BCUT2D eigenvalue weighted by Gasteiger charge is 2.28. The Labute approximate surface area is 136 Å². The zero-order valence-electron chi connectivity index (χ0n) is 14.5. The van der Waals surface area contributed by atoms with Gasteiger partial charge in [-0.3, -0.25) is 4.79 Å². The van der Waals surface area contributed by atoms with E-state index in [2.05, 4.69) is 10.1 Å². The van der Waals surface area contributed by atoms with Crippen LogP contribution in [0.25, 0.3) is 11.4 Å². The number of hydrogen-bond donors (Lipinski definition) is 0. The summed E-state index contributed by atoms with van der Waals surface area (Å²) < 4.78 is 12.1. The maximum absolute atomic E-state index is 12.7. The average Bonchev–Trinajstić information content (AvgIpc) is 2.88.